The number of halogens is 2. The second-order valence-electron chi connectivity index (χ2n) is 10.3. The lowest BCUT2D eigenvalue weighted by Gasteiger charge is -2.23. The molecule has 2 aliphatic heterocycles. The van der Waals surface area contributed by atoms with E-state index < -0.39 is 53.6 Å². The second kappa shape index (κ2) is 12.2. The first kappa shape index (κ1) is 29.9. The minimum atomic E-state index is -1.18. The first-order valence-corrected chi connectivity index (χ1v) is 13.3. The lowest BCUT2D eigenvalue weighted by Crippen LogP contribution is -2.42. The number of aliphatic hydroxyl groups is 2. The van der Waals surface area contributed by atoms with Gasteiger partial charge in [0.15, 0.2) is 11.6 Å². The molecular formula is C28H32F2N4O7. The van der Waals surface area contributed by atoms with Crippen molar-refractivity contribution in [1.29, 1.82) is 0 Å². The van der Waals surface area contributed by atoms with Crippen LogP contribution in [0.15, 0.2) is 12.1 Å². The van der Waals surface area contributed by atoms with E-state index >= 15 is 0 Å². The Labute approximate surface area is 234 Å². The van der Waals surface area contributed by atoms with Crippen molar-refractivity contribution in [1.82, 2.24) is 15.2 Å². The standard InChI is InChI=1S/C28H32F2N4O7/c1-13-20(12-17-24-19(33-26(17)38)6-5-18(29)25(24)30)32-14(2)23(13)27(39)31-8-7-15(35)10-16(36)11-22(37)34-9-3-4-21(34)28(40)41/h5-6,12,15-16,21,32,35-36H,3-4,7-11H2,1-2H3,(H,31,39)(H,33,38)(H,40,41)/b17-12-/t15-,16-,21?/m1/s1. The number of hydrogen-bond donors (Lipinski definition) is 6. The molecule has 2 aromatic rings. The molecule has 2 aliphatic rings. The molecule has 1 unspecified atom stereocenters. The molecule has 1 saturated heterocycles. The summed E-state index contributed by atoms with van der Waals surface area (Å²) in [6, 6.07) is 1.29. The fourth-order valence-corrected chi connectivity index (χ4v) is 5.36. The predicted molar refractivity (Wildman–Crippen MR) is 144 cm³/mol. The van der Waals surface area contributed by atoms with E-state index in [9.17, 15) is 43.3 Å². The van der Waals surface area contributed by atoms with Crippen LogP contribution >= 0.6 is 0 Å². The Morgan fingerprint density at radius 2 is 1.93 bits per heavy atom. The molecule has 0 spiro atoms. The van der Waals surface area contributed by atoms with Gasteiger partial charge in [-0.1, -0.05) is 0 Å². The fourth-order valence-electron chi connectivity index (χ4n) is 5.36. The number of rotatable bonds is 10. The van der Waals surface area contributed by atoms with Gasteiger partial charge in [0.1, 0.15) is 6.04 Å². The highest BCUT2D eigenvalue weighted by Gasteiger charge is 2.35. The molecule has 0 aliphatic carbocycles. The van der Waals surface area contributed by atoms with Crippen molar-refractivity contribution in [3.8, 4) is 0 Å². The number of aliphatic hydroxyl groups excluding tert-OH is 2. The minimum absolute atomic E-state index is 0.0502. The van der Waals surface area contributed by atoms with Crippen molar-refractivity contribution in [3.05, 3.63) is 51.8 Å². The zero-order chi connectivity index (χ0) is 30.0. The number of likely N-dealkylation sites (tertiary alicyclic amines) is 1. The predicted octanol–water partition coefficient (Wildman–Crippen LogP) is 2.10. The Morgan fingerprint density at radius 3 is 2.63 bits per heavy atom. The number of aryl methyl sites for hydroxylation is 1. The van der Waals surface area contributed by atoms with Gasteiger partial charge < -0.3 is 35.8 Å². The van der Waals surface area contributed by atoms with Crippen molar-refractivity contribution in [2.45, 2.75) is 64.2 Å². The first-order valence-electron chi connectivity index (χ1n) is 13.3. The highest BCUT2D eigenvalue weighted by atomic mass is 19.2. The van der Waals surface area contributed by atoms with Crippen molar-refractivity contribution in [3.63, 3.8) is 0 Å². The van der Waals surface area contributed by atoms with Gasteiger partial charge in [0.25, 0.3) is 11.8 Å². The smallest absolute Gasteiger partial charge is 0.326 e. The van der Waals surface area contributed by atoms with Crippen molar-refractivity contribution >= 4 is 41.0 Å². The number of H-pyrrole nitrogens is 1. The van der Waals surface area contributed by atoms with Crippen LogP contribution in [0.1, 0.15) is 65.0 Å². The topological polar surface area (TPSA) is 172 Å². The summed E-state index contributed by atoms with van der Waals surface area (Å²) < 4.78 is 28.2. The highest BCUT2D eigenvalue weighted by Crippen LogP contribution is 2.36. The van der Waals surface area contributed by atoms with E-state index in [1.54, 1.807) is 13.8 Å². The molecule has 0 radical (unpaired) electrons. The number of carboxylic acid groups (broad SMARTS) is 1. The molecule has 1 aromatic carbocycles. The number of nitrogens with zero attached hydrogens (tertiary/aromatic N) is 1. The van der Waals surface area contributed by atoms with Crippen molar-refractivity contribution in [2.75, 3.05) is 18.4 Å². The van der Waals surface area contributed by atoms with E-state index in [2.05, 4.69) is 15.6 Å². The molecule has 41 heavy (non-hydrogen) atoms. The van der Waals surface area contributed by atoms with Gasteiger partial charge in [-0.15, -0.1) is 0 Å². The third-order valence-electron chi connectivity index (χ3n) is 7.42. The van der Waals surface area contributed by atoms with E-state index in [4.69, 9.17) is 0 Å². The first-order chi connectivity index (χ1) is 19.4. The molecular weight excluding hydrogens is 542 g/mol. The zero-order valence-corrected chi connectivity index (χ0v) is 22.6. The number of carboxylic acids is 1. The summed E-state index contributed by atoms with van der Waals surface area (Å²) in [5.74, 6) is -4.90. The van der Waals surface area contributed by atoms with Crippen LogP contribution in [-0.4, -0.2) is 80.2 Å². The molecule has 3 heterocycles. The maximum atomic E-state index is 14.4. The zero-order valence-electron chi connectivity index (χ0n) is 22.6. The average molecular weight is 575 g/mol. The Hall–Kier alpha value is -4.10. The Bertz CT molecular complexity index is 1420. The van der Waals surface area contributed by atoms with E-state index in [1.165, 1.54) is 17.0 Å². The van der Waals surface area contributed by atoms with Gasteiger partial charge in [0.2, 0.25) is 5.91 Å². The summed E-state index contributed by atoms with van der Waals surface area (Å²) in [4.78, 5) is 53.3. The summed E-state index contributed by atoms with van der Waals surface area (Å²) in [5, 5.41) is 34.9. The number of carbonyl (C=O) groups excluding carboxylic acids is 3. The van der Waals surface area contributed by atoms with Crippen LogP contribution in [-0.2, 0) is 14.4 Å². The van der Waals surface area contributed by atoms with Crippen molar-refractivity contribution < 1.29 is 43.3 Å². The Morgan fingerprint density at radius 1 is 1.20 bits per heavy atom. The lowest BCUT2D eigenvalue weighted by molar-refractivity contribution is -0.149. The molecule has 13 heteroatoms. The Kier molecular flexibility index (Phi) is 8.88. The molecule has 6 N–H and O–H groups in total. The molecule has 1 aromatic heterocycles. The third-order valence-corrected chi connectivity index (χ3v) is 7.42. The number of hydrogen-bond acceptors (Lipinski definition) is 6. The van der Waals surface area contributed by atoms with Gasteiger partial charge >= 0.3 is 5.97 Å². The van der Waals surface area contributed by atoms with Crippen LogP contribution in [0.25, 0.3) is 11.6 Å². The molecule has 0 saturated carbocycles. The average Bonchev–Trinajstić information content (AvgIpc) is 3.58. The Balaban J connectivity index is 1.33. The van der Waals surface area contributed by atoms with Crippen LogP contribution in [0.5, 0.6) is 0 Å². The minimum Gasteiger partial charge on any atom is -0.480 e. The molecule has 4 rings (SSSR count). The van der Waals surface area contributed by atoms with Gasteiger partial charge in [-0.2, -0.15) is 0 Å². The molecule has 3 atom stereocenters. The van der Waals surface area contributed by atoms with E-state index in [1.807, 2.05) is 0 Å². The summed E-state index contributed by atoms with van der Waals surface area (Å²) in [6.45, 7) is 3.64. The van der Waals surface area contributed by atoms with Gasteiger partial charge in [0, 0.05) is 30.0 Å². The maximum Gasteiger partial charge on any atom is 0.326 e. The molecule has 11 nitrogen and oxygen atoms in total. The largest absolute Gasteiger partial charge is 0.480 e. The van der Waals surface area contributed by atoms with E-state index in [0.717, 1.165) is 6.07 Å². The van der Waals surface area contributed by atoms with E-state index in [-0.39, 0.29) is 48.2 Å². The van der Waals surface area contributed by atoms with Crippen LogP contribution in [0.4, 0.5) is 14.5 Å². The van der Waals surface area contributed by atoms with Gasteiger partial charge in [-0.05, 0) is 63.3 Å². The number of fused-ring (bicyclic) bond motifs is 1. The van der Waals surface area contributed by atoms with E-state index in [0.29, 0.717) is 36.3 Å². The number of anilines is 1. The summed E-state index contributed by atoms with van der Waals surface area (Å²) >= 11 is 0. The monoisotopic (exact) mass is 574 g/mol. The number of amides is 3. The van der Waals surface area contributed by atoms with Crippen molar-refractivity contribution in [2.24, 2.45) is 0 Å². The second-order valence-corrected chi connectivity index (χ2v) is 10.3. The van der Waals surface area contributed by atoms with Gasteiger partial charge in [-0.3, -0.25) is 14.4 Å². The number of carbonyl (C=O) groups is 4. The number of aromatic nitrogens is 1. The third kappa shape index (κ3) is 6.30. The number of aliphatic carboxylic acids is 1. The number of nitrogens with one attached hydrogen (secondary N) is 3. The SMILES string of the molecule is Cc1[nH]c(/C=C2\C(=O)Nc3ccc(F)c(F)c32)c(C)c1C(=O)NCC[C@@H](O)C[C@@H](O)CC(=O)N1CCCC1C(=O)O. The molecule has 1 fully saturated rings. The highest BCUT2D eigenvalue weighted by molar-refractivity contribution is 6.35. The quantitative estimate of drug-likeness (QED) is 0.236. The van der Waals surface area contributed by atoms with Crippen LogP contribution in [0, 0.1) is 25.5 Å². The maximum absolute atomic E-state index is 14.4. The lowest BCUT2D eigenvalue weighted by atomic mass is 10.0. The molecule has 0 bridgehead atoms. The normalized spacial score (nSPS) is 18.8. The van der Waals surface area contributed by atoms with Gasteiger partial charge in [-0.25, -0.2) is 13.6 Å². The molecule has 220 valence electrons. The van der Waals surface area contributed by atoms with Gasteiger partial charge in [0.05, 0.1) is 35.5 Å². The number of aromatic amines is 1. The summed E-state index contributed by atoms with van der Waals surface area (Å²) in [6.07, 6.45) is -0.279. The van der Waals surface area contributed by atoms with Crippen LogP contribution in [0.2, 0.25) is 0 Å². The fraction of sp³-hybridized carbons (Fsp3) is 0.429. The molecule has 3 amide bonds. The number of benzene rings is 1. The van der Waals surface area contributed by atoms with Crippen LogP contribution in [0.3, 0.4) is 0 Å². The summed E-state index contributed by atoms with van der Waals surface area (Å²) in [7, 11) is 0. The summed E-state index contributed by atoms with van der Waals surface area (Å²) in [5.41, 5.74) is 1.47. The van der Waals surface area contributed by atoms with Crippen LogP contribution < -0.4 is 10.6 Å².